The van der Waals surface area contributed by atoms with Gasteiger partial charge in [-0.25, -0.2) is 4.39 Å². The van der Waals surface area contributed by atoms with Gasteiger partial charge in [-0.2, -0.15) is 13.2 Å². The molecule has 1 unspecified atom stereocenters. The van der Waals surface area contributed by atoms with Crippen LogP contribution < -0.4 is 4.74 Å². The zero-order valence-corrected chi connectivity index (χ0v) is 12.2. The van der Waals surface area contributed by atoms with Crippen molar-refractivity contribution in [2.24, 2.45) is 5.92 Å². The van der Waals surface area contributed by atoms with E-state index in [4.69, 9.17) is 5.11 Å². The number of carbonyl (C=O) groups is 1. The number of rotatable bonds is 7. The van der Waals surface area contributed by atoms with E-state index in [0.29, 0.717) is 5.56 Å². The number of carboxylic acid groups (broad SMARTS) is 1. The quantitative estimate of drug-likeness (QED) is 0.784. The second-order valence-electron chi connectivity index (χ2n) is 5.10. The molecular weight excluding hydrogens is 306 g/mol. The molecule has 0 saturated heterocycles. The summed E-state index contributed by atoms with van der Waals surface area (Å²) in [5.74, 6) is -2.87. The highest BCUT2D eigenvalue weighted by molar-refractivity contribution is 5.69. The molecular formula is C14H17F4NO3. The Bertz CT molecular complexity index is 519. The maximum atomic E-state index is 13.7. The molecule has 1 atom stereocenters. The molecule has 0 aliphatic carbocycles. The molecule has 22 heavy (non-hydrogen) atoms. The molecule has 8 heteroatoms. The second-order valence-corrected chi connectivity index (χ2v) is 5.10. The highest BCUT2D eigenvalue weighted by atomic mass is 19.4. The molecule has 1 aromatic rings. The average molecular weight is 323 g/mol. The minimum Gasteiger partial charge on any atom is -0.481 e. The van der Waals surface area contributed by atoms with E-state index >= 15 is 0 Å². The first-order chi connectivity index (χ1) is 10.1. The van der Waals surface area contributed by atoms with Gasteiger partial charge in [0.15, 0.2) is 18.2 Å². The minimum absolute atomic E-state index is 0.267. The number of aliphatic carboxylic acids is 1. The largest absolute Gasteiger partial charge is 0.481 e. The van der Waals surface area contributed by atoms with Crippen LogP contribution in [-0.2, 0) is 11.3 Å². The number of carboxylic acids is 1. The molecule has 0 spiro atoms. The molecule has 0 aliphatic heterocycles. The SMILES string of the molecule is CC(CN(C)Cc1ccc(OCC(F)(F)F)c(F)c1)C(=O)O. The van der Waals surface area contributed by atoms with Crippen molar-refractivity contribution in [3.8, 4) is 5.75 Å². The Hall–Kier alpha value is -1.83. The molecule has 1 aromatic carbocycles. The Kier molecular flexibility index (Phi) is 6.16. The van der Waals surface area contributed by atoms with E-state index in [1.165, 1.54) is 6.07 Å². The van der Waals surface area contributed by atoms with Crippen LogP contribution in [0.15, 0.2) is 18.2 Å². The van der Waals surface area contributed by atoms with Gasteiger partial charge in [0.1, 0.15) is 0 Å². The highest BCUT2D eigenvalue weighted by Gasteiger charge is 2.29. The first-order valence-electron chi connectivity index (χ1n) is 6.48. The van der Waals surface area contributed by atoms with Crippen LogP contribution in [0.3, 0.4) is 0 Å². The van der Waals surface area contributed by atoms with Crippen LogP contribution in [0.25, 0.3) is 0 Å². The van der Waals surface area contributed by atoms with Crippen molar-refractivity contribution in [1.29, 1.82) is 0 Å². The van der Waals surface area contributed by atoms with Crippen LogP contribution in [0.4, 0.5) is 17.6 Å². The van der Waals surface area contributed by atoms with Crippen LogP contribution in [0.1, 0.15) is 12.5 Å². The molecule has 0 saturated carbocycles. The van der Waals surface area contributed by atoms with Gasteiger partial charge in [-0.1, -0.05) is 13.0 Å². The van der Waals surface area contributed by atoms with Gasteiger partial charge in [0.05, 0.1) is 5.92 Å². The number of hydrogen-bond acceptors (Lipinski definition) is 3. The molecule has 0 amide bonds. The van der Waals surface area contributed by atoms with Gasteiger partial charge in [0.25, 0.3) is 0 Å². The van der Waals surface area contributed by atoms with Crippen molar-refractivity contribution in [2.45, 2.75) is 19.6 Å². The lowest BCUT2D eigenvalue weighted by molar-refractivity contribution is -0.153. The van der Waals surface area contributed by atoms with Gasteiger partial charge < -0.3 is 14.7 Å². The number of nitrogens with zero attached hydrogens (tertiary/aromatic N) is 1. The number of halogens is 4. The number of hydrogen-bond donors (Lipinski definition) is 1. The van der Waals surface area contributed by atoms with Crippen molar-refractivity contribution in [3.05, 3.63) is 29.6 Å². The van der Waals surface area contributed by atoms with Crippen LogP contribution in [0.2, 0.25) is 0 Å². The lowest BCUT2D eigenvalue weighted by Gasteiger charge is -2.19. The Labute approximate surface area is 125 Å². The van der Waals surface area contributed by atoms with Crippen LogP contribution >= 0.6 is 0 Å². The van der Waals surface area contributed by atoms with Gasteiger partial charge in [-0.05, 0) is 24.7 Å². The normalized spacial score (nSPS) is 13.2. The third kappa shape index (κ3) is 6.30. The van der Waals surface area contributed by atoms with E-state index < -0.39 is 36.2 Å². The maximum Gasteiger partial charge on any atom is 0.422 e. The van der Waals surface area contributed by atoms with Gasteiger partial charge in [0.2, 0.25) is 0 Å². The van der Waals surface area contributed by atoms with Crippen LogP contribution in [0.5, 0.6) is 5.75 Å². The molecule has 1 rings (SSSR count). The summed E-state index contributed by atoms with van der Waals surface area (Å²) < 4.78 is 54.1. The van der Waals surface area contributed by atoms with Crippen molar-refractivity contribution in [1.82, 2.24) is 4.90 Å². The Morgan fingerprint density at radius 2 is 2.05 bits per heavy atom. The van der Waals surface area contributed by atoms with Gasteiger partial charge in [-0.15, -0.1) is 0 Å². The van der Waals surface area contributed by atoms with Gasteiger partial charge >= 0.3 is 12.1 Å². The molecule has 0 aromatic heterocycles. The maximum absolute atomic E-state index is 13.7. The molecule has 0 fully saturated rings. The summed E-state index contributed by atoms with van der Waals surface area (Å²) >= 11 is 0. The lowest BCUT2D eigenvalue weighted by Crippen LogP contribution is -2.28. The molecule has 0 radical (unpaired) electrons. The molecule has 0 bridgehead atoms. The summed E-state index contributed by atoms with van der Waals surface area (Å²) in [7, 11) is 1.67. The first kappa shape index (κ1) is 18.2. The summed E-state index contributed by atoms with van der Waals surface area (Å²) in [5, 5.41) is 8.81. The molecule has 4 nitrogen and oxygen atoms in total. The Morgan fingerprint density at radius 1 is 1.41 bits per heavy atom. The van der Waals surface area contributed by atoms with Crippen LogP contribution in [-0.4, -0.2) is 42.4 Å². The van der Waals surface area contributed by atoms with E-state index in [1.807, 2.05) is 0 Å². The fourth-order valence-corrected chi connectivity index (χ4v) is 1.84. The number of ether oxygens (including phenoxy) is 1. The lowest BCUT2D eigenvalue weighted by atomic mass is 10.1. The predicted molar refractivity (Wildman–Crippen MR) is 71.1 cm³/mol. The van der Waals surface area contributed by atoms with E-state index in [1.54, 1.807) is 18.9 Å². The first-order valence-corrected chi connectivity index (χ1v) is 6.48. The van der Waals surface area contributed by atoms with E-state index in [-0.39, 0.29) is 13.1 Å². The van der Waals surface area contributed by atoms with Crippen molar-refractivity contribution < 1.29 is 32.2 Å². The topological polar surface area (TPSA) is 49.8 Å². The smallest absolute Gasteiger partial charge is 0.422 e. The van der Waals surface area contributed by atoms with Crippen molar-refractivity contribution in [2.75, 3.05) is 20.2 Å². The van der Waals surface area contributed by atoms with E-state index in [0.717, 1.165) is 12.1 Å². The summed E-state index contributed by atoms with van der Waals surface area (Å²) in [6.45, 7) is 0.532. The molecule has 0 heterocycles. The molecule has 1 N–H and O–H groups in total. The fourth-order valence-electron chi connectivity index (χ4n) is 1.84. The zero-order valence-electron chi connectivity index (χ0n) is 12.2. The molecule has 0 aliphatic rings. The zero-order chi connectivity index (χ0) is 16.9. The summed E-state index contributed by atoms with van der Waals surface area (Å²) in [6, 6.07) is 3.65. The van der Waals surface area contributed by atoms with Gasteiger partial charge in [-0.3, -0.25) is 4.79 Å². The van der Waals surface area contributed by atoms with Crippen molar-refractivity contribution in [3.63, 3.8) is 0 Å². The summed E-state index contributed by atoms with van der Waals surface area (Å²) in [4.78, 5) is 12.4. The Balaban J connectivity index is 2.63. The van der Waals surface area contributed by atoms with Crippen molar-refractivity contribution >= 4 is 5.97 Å². The minimum atomic E-state index is -4.53. The molecule has 124 valence electrons. The average Bonchev–Trinajstić information content (AvgIpc) is 2.36. The third-order valence-corrected chi connectivity index (χ3v) is 2.85. The van der Waals surface area contributed by atoms with Crippen LogP contribution in [0, 0.1) is 11.7 Å². The Morgan fingerprint density at radius 3 is 2.55 bits per heavy atom. The van der Waals surface area contributed by atoms with Gasteiger partial charge in [0, 0.05) is 13.1 Å². The standard InChI is InChI=1S/C14H17F4NO3/c1-9(13(20)21)6-19(2)7-10-3-4-12(11(15)5-10)22-8-14(16,17)18/h3-5,9H,6-8H2,1-2H3,(H,20,21). The highest BCUT2D eigenvalue weighted by Crippen LogP contribution is 2.22. The van der Waals surface area contributed by atoms with E-state index in [9.17, 15) is 22.4 Å². The fraction of sp³-hybridized carbons (Fsp3) is 0.500. The second kappa shape index (κ2) is 7.44. The number of benzene rings is 1. The predicted octanol–water partition coefficient (Wildman–Crippen LogP) is 2.92. The monoisotopic (exact) mass is 323 g/mol. The summed E-state index contributed by atoms with van der Waals surface area (Å²) in [6.07, 6.45) is -4.53. The number of alkyl halides is 3. The third-order valence-electron chi connectivity index (χ3n) is 2.85. The summed E-state index contributed by atoms with van der Waals surface area (Å²) in [5.41, 5.74) is 0.511. The van der Waals surface area contributed by atoms with E-state index in [2.05, 4.69) is 4.74 Å².